The maximum atomic E-state index is 12.7. The quantitative estimate of drug-likeness (QED) is 0.607. The van der Waals surface area contributed by atoms with E-state index in [0.717, 1.165) is 12.1 Å². The molecule has 0 aliphatic heterocycles. The molecule has 0 aliphatic rings. The van der Waals surface area contributed by atoms with Crippen LogP contribution in [0.15, 0.2) is 48.5 Å². The van der Waals surface area contributed by atoms with Crippen molar-refractivity contribution in [2.45, 2.75) is 19.1 Å². The summed E-state index contributed by atoms with van der Waals surface area (Å²) in [5, 5.41) is 11.0. The van der Waals surface area contributed by atoms with E-state index in [1.165, 1.54) is 42.3 Å². The van der Waals surface area contributed by atoms with Gasteiger partial charge in [-0.3, -0.25) is 14.9 Å². The van der Waals surface area contributed by atoms with Crippen molar-refractivity contribution in [3.05, 3.63) is 75.3 Å². The molecule has 2 aromatic rings. The zero-order valence-corrected chi connectivity index (χ0v) is 13.3. The fourth-order valence-electron chi connectivity index (χ4n) is 2.34. The molecule has 2 rings (SSSR count). The maximum absolute atomic E-state index is 12.7. The Balaban J connectivity index is 2.10. The van der Waals surface area contributed by atoms with Crippen molar-refractivity contribution in [1.29, 1.82) is 0 Å². The number of halogens is 3. The monoisotopic (exact) mass is 352 g/mol. The number of hydrogen-bond donors (Lipinski definition) is 0. The molecule has 0 saturated heterocycles. The lowest BCUT2D eigenvalue weighted by Gasteiger charge is -2.18. The molecule has 0 saturated carbocycles. The molecule has 0 aromatic heterocycles. The highest BCUT2D eigenvalue weighted by Crippen LogP contribution is 2.29. The van der Waals surface area contributed by atoms with Gasteiger partial charge >= 0.3 is 6.18 Å². The molecule has 8 heteroatoms. The summed E-state index contributed by atoms with van der Waals surface area (Å²) in [4.78, 5) is 23.9. The topological polar surface area (TPSA) is 63.5 Å². The second-order valence-corrected chi connectivity index (χ2v) is 5.51. The van der Waals surface area contributed by atoms with Crippen molar-refractivity contribution in [2.24, 2.45) is 0 Å². The molecule has 0 fully saturated rings. The van der Waals surface area contributed by atoms with Gasteiger partial charge in [-0.2, -0.15) is 13.2 Å². The third-order valence-corrected chi connectivity index (χ3v) is 3.63. The zero-order valence-electron chi connectivity index (χ0n) is 13.3. The van der Waals surface area contributed by atoms with Crippen LogP contribution in [0.1, 0.15) is 16.7 Å². The smallest absolute Gasteiger partial charge is 0.341 e. The van der Waals surface area contributed by atoms with Gasteiger partial charge in [0.2, 0.25) is 5.91 Å². The summed E-state index contributed by atoms with van der Waals surface area (Å²) in [6.45, 7) is -0.0244. The van der Waals surface area contributed by atoms with Gasteiger partial charge < -0.3 is 4.90 Å². The van der Waals surface area contributed by atoms with Crippen molar-refractivity contribution in [3.63, 3.8) is 0 Å². The van der Waals surface area contributed by atoms with Gasteiger partial charge in [0.1, 0.15) is 0 Å². The standard InChI is InChI=1S/C17H15F3N2O3/c1-21(11-12-5-4-7-14(9-12)17(18,19)20)16(23)10-13-6-2-3-8-15(13)22(24)25/h2-9H,10-11H2,1H3. The van der Waals surface area contributed by atoms with Crippen molar-refractivity contribution < 1.29 is 22.9 Å². The van der Waals surface area contributed by atoms with E-state index in [2.05, 4.69) is 0 Å². The van der Waals surface area contributed by atoms with Crippen molar-refractivity contribution in [2.75, 3.05) is 7.05 Å². The van der Waals surface area contributed by atoms with Crippen LogP contribution < -0.4 is 0 Å². The van der Waals surface area contributed by atoms with Crippen LogP contribution in [0.2, 0.25) is 0 Å². The average molecular weight is 352 g/mol. The van der Waals surface area contributed by atoms with Gasteiger partial charge in [-0.25, -0.2) is 0 Å². The molecular weight excluding hydrogens is 337 g/mol. The maximum Gasteiger partial charge on any atom is 0.416 e. The minimum absolute atomic E-state index is 0.0244. The van der Waals surface area contributed by atoms with Crippen LogP contribution in [0.5, 0.6) is 0 Å². The highest BCUT2D eigenvalue weighted by Gasteiger charge is 2.30. The van der Waals surface area contributed by atoms with Gasteiger partial charge in [0, 0.05) is 25.2 Å². The number of alkyl halides is 3. The molecule has 25 heavy (non-hydrogen) atoms. The molecule has 0 radical (unpaired) electrons. The first-order chi connectivity index (χ1) is 11.7. The lowest BCUT2D eigenvalue weighted by Crippen LogP contribution is -2.28. The number of benzene rings is 2. The van der Waals surface area contributed by atoms with E-state index in [1.54, 1.807) is 6.07 Å². The highest BCUT2D eigenvalue weighted by molar-refractivity contribution is 5.79. The van der Waals surface area contributed by atoms with Gasteiger partial charge in [0.15, 0.2) is 0 Å². The van der Waals surface area contributed by atoms with Crippen LogP contribution in [0.25, 0.3) is 0 Å². The molecule has 0 bridgehead atoms. The van der Waals surface area contributed by atoms with Crippen LogP contribution >= 0.6 is 0 Å². The molecule has 0 spiro atoms. The third-order valence-electron chi connectivity index (χ3n) is 3.63. The van der Waals surface area contributed by atoms with Gasteiger partial charge in [0.05, 0.1) is 16.9 Å². The molecule has 0 aliphatic carbocycles. The van der Waals surface area contributed by atoms with Crippen LogP contribution in [0.4, 0.5) is 18.9 Å². The first-order valence-corrected chi connectivity index (χ1v) is 7.31. The summed E-state index contributed by atoms with van der Waals surface area (Å²) in [6, 6.07) is 10.6. The Morgan fingerprint density at radius 3 is 2.48 bits per heavy atom. The van der Waals surface area contributed by atoms with E-state index < -0.39 is 22.6 Å². The van der Waals surface area contributed by atoms with E-state index in [4.69, 9.17) is 0 Å². The molecule has 0 atom stereocenters. The Hall–Kier alpha value is -2.90. The van der Waals surface area contributed by atoms with Gasteiger partial charge in [-0.15, -0.1) is 0 Å². The molecule has 0 heterocycles. The number of hydrogen-bond acceptors (Lipinski definition) is 3. The predicted molar refractivity (Wildman–Crippen MR) is 84.7 cm³/mol. The molecule has 5 nitrogen and oxygen atoms in total. The number of amides is 1. The van der Waals surface area contributed by atoms with Crippen LogP contribution in [-0.2, 0) is 23.9 Å². The molecule has 132 valence electrons. The molecular formula is C17H15F3N2O3. The van der Waals surface area contributed by atoms with Gasteiger partial charge in [-0.05, 0) is 17.7 Å². The number of nitrogens with zero attached hydrogens (tertiary/aromatic N) is 2. The Bertz CT molecular complexity index is 791. The SMILES string of the molecule is CN(Cc1cccc(C(F)(F)F)c1)C(=O)Cc1ccccc1[N+](=O)[O-]. The number of likely N-dealkylation sites (N-methyl/N-ethyl adjacent to an activating group) is 1. The van der Waals surface area contributed by atoms with Gasteiger partial charge in [-0.1, -0.05) is 30.3 Å². The number of rotatable bonds is 5. The van der Waals surface area contributed by atoms with E-state index in [1.807, 2.05) is 0 Å². The van der Waals surface area contributed by atoms with Crippen LogP contribution in [-0.4, -0.2) is 22.8 Å². The van der Waals surface area contributed by atoms with E-state index >= 15 is 0 Å². The Labute approximate surface area is 141 Å². The number of nitro benzene ring substituents is 1. The predicted octanol–water partition coefficient (Wildman–Crippen LogP) is 3.81. The van der Waals surface area contributed by atoms with Crippen LogP contribution in [0.3, 0.4) is 0 Å². The summed E-state index contributed by atoms with van der Waals surface area (Å²) in [6.07, 6.45) is -4.66. The molecule has 2 aromatic carbocycles. The number of nitro groups is 1. The molecule has 0 unspecified atom stereocenters. The van der Waals surface area contributed by atoms with Crippen molar-refractivity contribution in [1.82, 2.24) is 4.90 Å². The fraction of sp³-hybridized carbons (Fsp3) is 0.235. The van der Waals surface area contributed by atoms with Crippen molar-refractivity contribution >= 4 is 11.6 Å². The number of para-hydroxylation sites is 1. The van der Waals surface area contributed by atoms with E-state index in [-0.39, 0.29) is 24.2 Å². The average Bonchev–Trinajstić information content (AvgIpc) is 2.54. The lowest BCUT2D eigenvalue weighted by molar-refractivity contribution is -0.385. The summed E-state index contributed by atoms with van der Waals surface area (Å²) < 4.78 is 38.2. The third kappa shape index (κ3) is 4.79. The Morgan fingerprint density at radius 2 is 1.84 bits per heavy atom. The normalized spacial score (nSPS) is 11.2. The highest BCUT2D eigenvalue weighted by atomic mass is 19.4. The lowest BCUT2D eigenvalue weighted by atomic mass is 10.1. The Morgan fingerprint density at radius 1 is 1.16 bits per heavy atom. The minimum atomic E-state index is -4.46. The first kappa shape index (κ1) is 18.4. The van der Waals surface area contributed by atoms with Crippen LogP contribution in [0, 0.1) is 10.1 Å². The summed E-state index contributed by atoms with van der Waals surface area (Å²) in [5.41, 5.74) is -0.366. The summed E-state index contributed by atoms with van der Waals surface area (Å²) >= 11 is 0. The van der Waals surface area contributed by atoms with Gasteiger partial charge in [0.25, 0.3) is 5.69 Å². The molecule has 1 amide bonds. The number of carbonyl (C=O) groups is 1. The van der Waals surface area contributed by atoms with Crippen molar-refractivity contribution in [3.8, 4) is 0 Å². The number of carbonyl (C=O) groups excluding carboxylic acids is 1. The zero-order chi connectivity index (χ0) is 18.6. The van der Waals surface area contributed by atoms with E-state index in [0.29, 0.717) is 5.56 Å². The Kier molecular flexibility index (Phi) is 5.41. The summed E-state index contributed by atoms with van der Waals surface area (Å²) in [5.74, 6) is -0.424. The summed E-state index contributed by atoms with van der Waals surface area (Å²) in [7, 11) is 1.44. The largest absolute Gasteiger partial charge is 0.416 e. The fourth-order valence-corrected chi connectivity index (χ4v) is 2.34. The molecule has 0 N–H and O–H groups in total. The second kappa shape index (κ2) is 7.33. The minimum Gasteiger partial charge on any atom is -0.341 e. The first-order valence-electron chi connectivity index (χ1n) is 7.31. The van der Waals surface area contributed by atoms with E-state index in [9.17, 15) is 28.1 Å². The second-order valence-electron chi connectivity index (χ2n) is 5.51.